The Kier molecular flexibility index (Phi) is 9.93. The first-order valence-electron chi connectivity index (χ1n) is 12.6. The van der Waals surface area contributed by atoms with Gasteiger partial charge >= 0.3 is 5.97 Å². The fourth-order valence-electron chi connectivity index (χ4n) is 4.17. The van der Waals surface area contributed by atoms with E-state index in [1.165, 1.54) is 6.07 Å². The lowest BCUT2D eigenvalue weighted by atomic mass is 9.98. The molecule has 0 atom stereocenters. The van der Waals surface area contributed by atoms with Crippen LogP contribution in [0.2, 0.25) is 0 Å². The van der Waals surface area contributed by atoms with Crippen molar-refractivity contribution < 1.29 is 29.7 Å². The number of amides is 1. The molecule has 0 unspecified atom stereocenters. The number of carboxylic acids is 1. The summed E-state index contributed by atoms with van der Waals surface area (Å²) in [5.41, 5.74) is 8.38. The standard InChI is InChI=1S/C31H30N2O6/c34-30(29-19-25(14-15-28(29)31(35)36)23-10-5-2-6-11-23)32-16-7-17-33-38-20-27-18-24(12-13-26(27)21-39-37)22-8-3-1-4-9-22/h1-6,8-15,18-19,33,37H,7,16-17,20-21H2,(H,32,34)(H,35,36). The predicted octanol–water partition coefficient (Wildman–Crippen LogP) is 5.55. The third kappa shape index (κ3) is 7.59. The maximum Gasteiger partial charge on any atom is 0.336 e. The van der Waals surface area contributed by atoms with E-state index in [1.807, 2.05) is 78.9 Å². The quantitative estimate of drug-likeness (QED) is 0.103. The minimum absolute atomic E-state index is 0.0452. The molecule has 8 heteroatoms. The highest BCUT2D eigenvalue weighted by atomic mass is 17.1. The minimum Gasteiger partial charge on any atom is -0.478 e. The average Bonchev–Trinajstić information content (AvgIpc) is 2.98. The second-order valence-corrected chi connectivity index (χ2v) is 8.85. The van der Waals surface area contributed by atoms with E-state index in [1.54, 1.807) is 12.1 Å². The topological polar surface area (TPSA) is 117 Å². The van der Waals surface area contributed by atoms with Crippen LogP contribution in [0.5, 0.6) is 0 Å². The second kappa shape index (κ2) is 14.0. The van der Waals surface area contributed by atoms with Crippen LogP contribution in [0.15, 0.2) is 97.1 Å². The van der Waals surface area contributed by atoms with E-state index in [0.717, 1.165) is 33.4 Å². The van der Waals surface area contributed by atoms with Crippen LogP contribution < -0.4 is 10.8 Å². The Morgan fingerprint density at radius 2 is 1.31 bits per heavy atom. The zero-order chi connectivity index (χ0) is 27.5. The molecule has 39 heavy (non-hydrogen) atoms. The maximum atomic E-state index is 12.8. The Labute approximate surface area is 226 Å². The first-order chi connectivity index (χ1) is 19.1. The summed E-state index contributed by atoms with van der Waals surface area (Å²) in [6.45, 7) is 1.08. The van der Waals surface area contributed by atoms with Crippen LogP contribution >= 0.6 is 0 Å². The van der Waals surface area contributed by atoms with E-state index in [0.29, 0.717) is 19.5 Å². The summed E-state index contributed by atoms with van der Waals surface area (Å²) < 4.78 is 0. The Morgan fingerprint density at radius 1 is 0.667 bits per heavy atom. The molecule has 0 aliphatic heterocycles. The number of rotatable bonds is 13. The molecule has 4 rings (SSSR count). The Balaban J connectivity index is 1.28. The molecule has 0 heterocycles. The summed E-state index contributed by atoms with van der Waals surface area (Å²) in [5.74, 6) is -1.60. The van der Waals surface area contributed by atoms with E-state index in [2.05, 4.69) is 15.7 Å². The highest BCUT2D eigenvalue weighted by molar-refractivity contribution is 6.05. The molecule has 4 aromatic rings. The summed E-state index contributed by atoms with van der Waals surface area (Å²) in [6, 6.07) is 30.0. The lowest BCUT2D eigenvalue weighted by Gasteiger charge is -2.13. The van der Waals surface area contributed by atoms with Crippen LogP contribution in [-0.2, 0) is 22.9 Å². The number of hydrogen-bond acceptors (Lipinski definition) is 6. The molecule has 0 bridgehead atoms. The number of benzene rings is 4. The first kappa shape index (κ1) is 27.7. The Morgan fingerprint density at radius 3 is 1.95 bits per heavy atom. The lowest BCUT2D eigenvalue weighted by Crippen LogP contribution is -2.28. The summed E-state index contributed by atoms with van der Waals surface area (Å²) in [7, 11) is 0. The Hall–Kier alpha value is -4.34. The van der Waals surface area contributed by atoms with Crippen molar-refractivity contribution in [2.24, 2.45) is 0 Å². The summed E-state index contributed by atoms with van der Waals surface area (Å²) >= 11 is 0. The van der Waals surface area contributed by atoms with Gasteiger partial charge in [0.25, 0.3) is 5.91 Å². The van der Waals surface area contributed by atoms with Crippen LogP contribution in [0.4, 0.5) is 0 Å². The van der Waals surface area contributed by atoms with Crippen molar-refractivity contribution in [1.29, 1.82) is 0 Å². The second-order valence-electron chi connectivity index (χ2n) is 8.85. The molecule has 8 nitrogen and oxygen atoms in total. The SMILES string of the molecule is O=C(O)c1ccc(-c2ccccc2)cc1C(=O)NCCCNOCc1cc(-c2ccccc2)ccc1COO. The third-order valence-electron chi connectivity index (χ3n) is 6.21. The molecule has 0 saturated carbocycles. The van der Waals surface area contributed by atoms with Gasteiger partial charge in [-0.1, -0.05) is 78.9 Å². The van der Waals surface area contributed by atoms with Gasteiger partial charge in [0, 0.05) is 13.1 Å². The van der Waals surface area contributed by atoms with E-state index in [4.69, 9.17) is 10.1 Å². The van der Waals surface area contributed by atoms with Crippen molar-refractivity contribution >= 4 is 11.9 Å². The highest BCUT2D eigenvalue weighted by Crippen LogP contribution is 2.24. The molecule has 4 N–H and O–H groups in total. The molecule has 0 radical (unpaired) electrons. The van der Waals surface area contributed by atoms with E-state index < -0.39 is 11.9 Å². The van der Waals surface area contributed by atoms with E-state index in [-0.39, 0.29) is 24.3 Å². The van der Waals surface area contributed by atoms with Gasteiger partial charge in [0.15, 0.2) is 0 Å². The predicted molar refractivity (Wildman–Crippen MR) is 148 cm³/mol. The normalized spacial score (nSPS) is 10.8. The van der Waals surface area contributed by atoms with Crippen LogP contribution in [0, 0.1) is 0 Å². The Bertz CT molecular complexity index is 1390. The van der Waals surface area contributed by atoms with Gasteiger partial charge in [0.05, 0.1) is 17.7 Å². The smallest absolute Gasteiger partial charge is 0.336 e. The van der Waals surface area contributed by atoms with Gasteiger partial charge in [-0.05, 0) is 58.0 Å². The van der Waals surface area contributed by atoms with Crippen LogP contribution in [-0.4, -0.2) is 35.3 Å². The van der Waals surface area contributed by atoms with Gasteiger partial charge in [-0.2, -0.15) is 0 Å². The van der Waals surface area contributed by atoms with Crippen molar-refractivity contribution in [3.63, 3.8) is 0 Å². The number of carbonyl (C=O) groups excluding carboxylic acids is 1. The molecule has 0 fully saturated rings. The average molecular weight is 527 g/mol. The molecule has 200 valence electrons. The molecular weight excluding hydrogens is 496 g/mol. The molecule has 0 saturated heterocycles. The third-order valence-corrected chi connectivity index (χ3v) is 6.21. The molecule has 1 amide bonds. The number of nitrogens with one attached hydrogen (secondary N) is 2. The number of carboxylic acid groups (broad SMARTS) is 1. The number of carbonyl (C=O) groups is 2. The van der Waals surface area contributed by atoms with Gasteiger partial charge in [-0.25, -0.2) is 15.2 Å². The van der Waals surface area contributed by atoms with Crippen molar-refractivity contribution in [1.82, 2.24) is 10.8 Å². The molecule has 0 aliphatic carbocycles. The minimum atomic E-state index is -1.16. The van der Waals surface area contributed by atoms with Gasteiger partial charge in [0.1, 0.15) is 6.61 Å². The van der Waals surface area contributed by atoms with E-state index in [9.17, 15) is 14.7 Å². The first-order valence-corrected chi connectivity index (χ1v) is 12.6. The number of hydroxylamine groups is 1. The molecule has 0 aromatic heterocycles. The molecule has 0 aliphatic rings. The van der Waals surface area contributed by atoms with Crippen molar-refractivity contribution in [2.75, 3.05) is 13.1 Å². The summed E-state index contributed by atoms with van der Waals surface area (Å²) in [4.78, 5) is 34.5. The van der Waals surface area contributed by atoms with Crippen molar-refractivity contribution in [3.05, 3.63) is 119 Å². The fourth-order valence-corrected chi connectivity index (χ4v) is 4.17. The van der Waals surface area contributed by atoms with Gasteiger partial charge in [-0.15, -0.1) is 0 Å². The van der Waals surface area contributed by atoms with Crippen LogP contribution in [0.25, 0.3) is 22.3 Å². The highest BCUT2D eigenvalue weighted by Gasteiger charge is 2.17. The van der Waals surface area contributed by atoms with Gasteiger partial charge in [0.2, 0.25) is 0 Å². The van der Waals surface area contributed by atoms with Crippen LogP contribution in [0.1, 0.15) is 38.3 Å². The summed E-state index contributed by atoms with van der Waals surface area (Å²) in [6.07, 6.45) is 0.559. The van der Waals surface area contributed by atoms with Gasteiger partial charge < -0.3 is 10.4 Å². The number of aromatic carboxylic acids is 1. The van der Waals surface area contributed by atoms with Crippen LogP contribution in [0.3, 0.4) is 0 Å². The molecule has 4 aromatic carbocycles. The lowest BCUT2D eigenvalue weighted by molar-refractivity contribution is -0.253. The monoisotopic (exact) mass is 526 g/mol. The van der Waals surface area contributed by atoms with Crippen molar-refractivity contribution in [2.45, 2.75) is 19.6 Å². The maximum absolute atomic E-state index is 12.8. The summed E-state index contributed by atoms with van der Waals surface area (Å²) in [5, 5.41) is 21.3. The fraction of sp³-hybridized carbons (Fsp3) is 0.161. The van der Waals surface area contributed by atoms with Gasteiger partial charge in [-0.3, -0.25) is 14.9 Å². The molecule has 0 spiro atoms. The zero-order valence-corrected chi connectivity index (χ0v) is 21.3. The van der Waals surface area contributed by atoms with Crippen molar-refractivity contribution in [3.8, 4) is 22.3 Å². The molecular formula is C31H30N2O6. The largest absolute Gasteiger partial charge is 0.478 e. The van der Waals surface area contributed by atoms with E-state index >= 15 is 0 Å². The number of hydrogen-bond donors (Lipinski definition) is 4. The zero-order valence-electron chi connectivity index (χ0n) is 21.3.